The minimum atomic E-state index is 0. The van der Waals surface area contributed by atoms with Crippen LogP contribution in [0.15, 0.2) is 0 Å². The average Bonchev–Trinajstić information content (AvgIpc) is 2.87. The molecule has 5 heteroatoms. The zero-order valence-corrected chi connectivity index (χ0v) is 10.0. The number of piperazine rings is 1. The third-order valence-electron chi connectivity index (χ3n) is 2.72. The van der Waals surface area contributed by atoms with Crippen LogP contribution in [0.3, 0.4) is 0 Å². The van der Waals surface area contributed by atoms with E-state index < -0.39 is 0 Å². The van der Waals surface area contributed by atoms with Crippen molar-refractivity contribution in [3.05, 3.63) is 0 Å². The van der Waals surface area contributed by atoms with E-state index in [-0.39, 0.29) is 29.9 Å². The third-order valence-corrected chi connectivity index (χ3v) is 2.72. The minimum Gasteiger partial charge on any atom is -0.370 e. The number of guanidine groups is 1. The molecule has 2 rings (SSSR count). The molecule has 0 aromatic rings. The molecule has 2 fully saturated rings. The van der Waals surface area contributed by atoms with Gasteiger partial charge in [0.15, 0.2) is 5.96 Å². The molecule has 1 saturated carbocycles. The van der Waals surface area contributed by atoms with E-state index in [9.17, 15) is 0 Å². The van der Waals surface area contributed by atoms with E-state index in [1.807, 2.05) is 4.90 Å². The van der Waals surface area contributed by atoms with Gasteiger partial charge in [0, 0.05) is 32.2 Å². The lowest BCUT2D eigenvalue weighted by molar-refractivity contribution is 0.173. The minimum absolute atomic E-state index is 0. The average molecular weight is 296 g/mol. The fraction of sp³-hybridized carbons (Fsp3) is 0.875. The molecule has 1 aliphatic carbocycles. The Hall–Kier alpha value is -0.0400. The first-order valence-corrected chi connectivity index (χ1v) is 4.60. The summed E-state index contributed by atoms with van der Waals surface area (Å²) in [5, 5.41) is 7.26. The standard InChI is InChI=1S/C8H16N4.HI/c9-8(10)12-5-3-11(4-6-12)7-1-2-7;/h7H,1-6H2,(H3,9,10);1H. The van der Waals surface area contributed by atoms with Crippen LogP contribution >= 0.6 is 24.0 Å². The molecule has 0 spiro atoms. The van der Waals surface area contributed by atoms with Gasteiger partial charge in [0.1, 0.15) is 0 Å². The summed E-state index contributed by atoms with van der Waals surface area (Å²) >= 11 is 0. The highest BCUT2D eigenvalue weighted by Crippen LogP contribution is 2.27. The van der Waals surface area contributed by atoms with Gasteiger partial charge in [0.2, 0.25) is 0 Å². The van der Waals surface area contributed by atoms with Gasteiger partial charge in [-0.05, 0) is 12.8 Å². The first kappa shape index (κ1) is 11.0. The van der Waals surface area contributed by atoms with Crippen LogP contribution in [-0.2, 0) is 0 Å². The molecule has 1 heterocycles. The van der Waals surface area contributed by atoms with E-state index in [0.29, 0.717) is 0 Å². The van der Waals surface area contributed by atoms with Crippen molar-refractivity contribution in [2.45, 2.75) is 18.9 Å². The molecule has 0 amide bonds. The summed E-state index contributed by atoms with van der Waals surface area (Å²) in [6, 6.07) is 0.860. The van der Waals surface area contributed by atoms with Crippen molar-refractivity contribution >= 4 is 29.9 Å². The van der Waals surface area contributed by atoms with Gasteiger partial charge in [-0.1, -0.05) is 0 Å². The smallest absolute Gasteiger partial charge is 0.188 e. The summed E-state index contributed by atoms with van der Waals surface area (Å²) in [5.74, 6) is 0.227. The number of rotatable bonds is 1. The predicted octanol–water partition coefficient (Wildman–Crippen LogP) is 0.278. The van der Waals surface area contributed by atoms with Gasteiger partial charge in [0.25, 0.3) is 0 Å². The second-order valence-electron chi connectivity index (χ2n) is 3.64. The molecule has 2 aliphatic rings. The Kier molecular flexibility index (Phi) is 3.78. The van der Waals surface area contributed by atoms with Gasteiger partial charge >= 0.3 is 0 Å². The van der Waals surface area contributed by atoms with Gasteiger partial charge in [-0.25, -0.2) is 0 Å². The molecular weight excluding hydrogens is 279 g/mol. The quantitative estimate of drug-likeness (QED) is 0.415. The van der Waals surface area contributed by atoms with Gasteiger partial charge in [0.05, 0.1) is 0 Å². The van der Waals surface area contributed by atoms with E-state index in [0.717, 1.165) is 32.2 Å². The Bertz CT molecular complexity index is 185. The van der Waals surface area contributed by atoms with Gasteiger partial charge in [-0.3, -0.25) is 10.3 Å². The van der Waals surface area contributed by atoms with E-state index >= 15 is 0 Å². The van der Waals surface area contributed by atoms with Gasteiger partial charge in [-0.2, -0.15) is 0 Å². The molecule has 4 nitrogen and oxygen atoms in total. The summed E-state index contributed by atoms with van der Waals surface area (Å²) in [6.07, 6.45) is 2.75. The maximum Gasteiger partial charge on any atom is 0.188 e. The lowest BCUT2D eigenvalue weighted by Crippen LogP contribution is -2.51. The monoisotopic (exact) mass is 296 g/mol. The first-order chi connectivity index (χ1) is 5.77. The summed E-state index contributed by atoms with van der Waals surface area (Å²) in [7, 11) is 0. The van der Waals surface area contributed by atoms with Crippen molar-refractivity contribution in [1.82, 2.24) is 9.80 Å². The van der Waals surface area contributed by atoms with Crippen molar-refractivity contribution in [1.29, 1.82) is 5.41 Å². The third kappa shape index (κ3) is 2.70. The maximum atomic E-state index is 7.26. The second kappa shape index (κ2) is 4.45. The highest BCUT2D eigenvalue weighted by molar-refractivity contribution is 14.0. The summed E-state index contributed by atoms with van der Waals surface area (Å²) in [5.41, 5.74) is 5.40. The molecular formula is C8H17IN4. The van der Waals surface area contributed by atoms with Crippen LogP contribution in [0.5, 0.6) is 0 Å². The highest BCUT2D eigenvalue weighted by Gasteiger charge is 2.31. The van der Waals surface area contributed by atoms with Crippen LogP contribution in [0.4, 0.5) is 0 Å². The fourth-order valence-electron chi connectivity index (χ4n) is 1.77. The van der Waals surface area contributed by atoms with Gasteiger partial charge in [-0.15, -0.1) is 24.0 Å². The highest BCUT2D eigenvalue weighted by atomic mass is 127. The lowest BCUT2D eigenvalue weighted by Gasteiger charge is -2.34. The van der Waals surface area contributed by atoms with Crippen LogP contribution in [0.1, 0.15) is 12.8 Å². The molecule has 0 radical (unpaired) electrons. The normalized spacial score (nSPS) is 23.8. The molecule has 1 saturated heterocycles. The van der Waals surface area contributed by atoms with E-state index in [1.54, 1.807) is 0 Å². The van der Waals surface area contributed by atoms with E-state index in [4.69, 9.17) is 11.1 Å². The molecule has 0 bridgehead atoms. The Morgan fingerprint density at radius 3 is 2.08 bits per heavy atom. The van der Waals surface area contributed by atoms with Crippen LogP contribution in [-0.4, -0.2) is 48.0 Å². The van der Waals surface area contributed by atoms with Crippen LogP contribution < -0.4 is 5.73 Å². The Labute approximate surface area is 96.0 Å². The SMILES string of the molecule is I.N=C(N)N1CCN(C2CC2)CC1. The van der Waals surface area contributed by atoms with Crippen LogP contribution in [0.2, 0.25) is 0 Å². The molecule has 0 aromatic carbocycles. The number of nitrogens with one attached hydrogen (secondary N) is 1. The molecule has 0 unspecified atom stereocenters. The van der Waals surface area contributed by atoms with Crippen molar-refractivity contribution in [2.75, 3.05) is 26.2 Å². The molecule has 0 atom stereocenters. The van der Waals surface area contributed by atoms with Crippen molar-refractivity contribution in [3.63, 3.8) is 0 Å². The van der Waals surface area contributed by atoms with E-state index in [1.165, 1.54) is 12.8 Å². The zero-order chi connectivity index (χ0) is 8.55. The molecule has 1 aliphatic heterocycles. The number of nitrogens with two attached hydrogens (primary N) is 1. The number of nitrogens with zero attached hydrogens (tertiary/aromatic N) is 2. The Morgan fingerprint density at radius 1 is 1.15 bits per heavy atom. The molecule has 0 aromatic heterocycles. The summed E-state index contributed by atoms with van der Waals surface area (Å²) in [6.45, 7) is 4.05. The number of hydrogen-bond acceptors (Lipinski definition) is 2. The van der Waals surface area contributed by atoms with Crippen LogP contribution in [0.25, 0.3) is 0 Å². The molecule has 13 heavy (non-hydrogen) atoms. The maximum absolute atomic E-state index is 7.26. The lowest BCUT2D eigenvalue weighted by atomic mass is 10.3. The summed E-state index contributed by atoms with van der Waals surface area (Å²) in [4.78, 5) is 4.46. The van der Waals surface area contributed by atoms with E-state index in [2.05, 4.69) is 4.90 Å². The van der Waals surface area contributed by atoms with Crippen LogP contribution in [0, 0.1) is 5.41 Å². The topological polar surface area (TPSA) is 56.4 Å². The Balaban J connectivity index is 0.000000845. The van der Waals surface area contributed by atoms with Gasteiger partial charge < -0.3 is 10.6 Å². The Morgan fingerprint density at radius 2 is 1.69 bits per heavy atom. The second-order valence-corrected chi connectivity index (χ2v) is 3.64. The predicted molar refractivity (Wildman–Crippen MR) is 63.5 cm³/mol. The first-order valence-electron chi connectivity index (χ1n) is 4.60. The number of hydrogen-bond donors (Lipinski definition) is 2. The van der Waals surface area contributed by atoms with Crippen molar-refractivity contribution in [2.24, 2.45) is 5.73 Å². The fourth-order valence-corrected chi connectivity index (χ4v) is 1.77. The molecule has 76 valence electrons. The van der Waals surface area contributed by atoms with Crippen molar-refractivity contribution < 1.29 is 0 Å². The van der Waals surface area contributed by atoms with Crippen molar-refractivity contribution in [3.8, 4) is 0 Å². The molecule has 3 N–H and O–H groups in total. The summed E-state index contributed by atoms with van der Waals surface area (Å²) < 4.78 is 0. The number of halogens is 1. The largest absolute Gasteiger partial charge is 0.370 e. The zero-order valence-electron chi connectivity index (χ0n) is 7.70.